The van der Waals surface area contributed by atoms with Crippen molar-refractivity contribution in [2.75, 3.05) is 0 Å². The quantitative estimate of drug-likeness (QED) is 0.694. The van der Waals surface area contributed by atoms with Gasteiger partial charge in [-0.25, -0.2) is 5.48 Å². The molecule has 0 heterocycles. The van der Waals surface area contributed by atoms with E-state index in [1.165, 1.54) is 0 Å². The number of halogens is 1. The standard InChI is InChI=1S/C9H12ClNO/c1-6-3-7(2)9(10)4-8(6)5-11-12/h3-4,11-12H,5H2,1-2H3. The van der Waals surface area contributed by atoms with Crippen LogP contribution >= 0.6 is 11.6 Å². The van der Waals surface area contributed by atoms with Crippen LogP contribution in [-0.4, -0.2) is 5.21 Å². The molecule has 2 N–H and O–H groups in total. The van der Waals surface area contributed by atoms with Gasteiger partial charge in [0.05, 0.1) is 0 Å². The van der Waals surface area contributed by atoms with E-state index in [2.05, 4.69) is 5.48 Å². The summed E-state index contributed by atoms with van der Waals surface area (Å²) in [5, 5.41) is 9.25. The van der Waals surface area contributed by atoms with Gasteiger partial charge < -0.3 is 5.21 Å². The molecule has 0 saturated heterocycles. The summed E-state index contributed by atoms with van der Waals surface area (Å²) in [7, 11) is 0. The van der Waals surface area contributed by atoms with Crippen molar-refractivity contribution >= 4 is 11.6 Å². The SMILES string of the molecule is Cc1cc(C)c(CNO)cc1Cl. The van der Waals surface area contributed by atoms with Crippen molar-refractivity contribution in [3.05, 3.63) is 33.8 Å². The zero-order chi connectivity index (χ0) is 9.14. The van der Waals surface area contributed by atoms with E-state index in [0.29, 0.717) is 6.54 Å². The van der Waals surface area contributed by atoms with Gasteiger partial charge in [0.1, 0.15) is 0 Å². The van der Waals surface area contributed by atoms with Crippen LogP contribution < -0.4 is 5.48 Å². The van der Waals surface area contributed by atoms with Crippen LogP contribution in [0.25, 0.3) is 0 Å². The largest absolute Gasteiger partial charge is 0.316 e. The zero-order valence-corrected chi connectivity index (χ0v) is 7.94. The third-order valence-corrected chi connectivity index (χ3v) is 2.29. The molecule has 1 aromatic rings. The van der Waals surface area contributed by atoms with E-state index in [-0.39, 0.29) is 0 Å². The number of aryl methyl sites for hydroxylation is 2. The third kappa shape index (κ3) is 1.97. The minimum absolute atomic E-state index is 0.436. The molecular formula is C9H12ClNO. The Balaban J connectivity index is 3.05. The molecule has 0 saturated carbocycles. The van der Waals surface area contributed by atoms with Crippen LogP contribution in [0.15, 0.2) is 12.1 Å². The van der Waals surface area contributed by atoms with Crippen molar-refractivity contribution in [3.8, 4) is 0 Å². The third-order valence-electron chi connectivity index (χ3n) is 1.89. The van der Waals surface area contributed by atoms with Crippen molar-refractivity contribution in [2.45, 2.75) is 20.4 Å². The minimum Gasteiger partial charge on any atom is -0.316 e. The summed E-state index contributed by atoms with van der Waals surface area (Å²) >= 11 is 5.91. The summed E-state index contributed by atoms with van der Waals surface area (Å²) in [5.74, 6) is 0. The Labute approximate surface area is 77.1 Å². The Kier molecular flexibility index (Phi) is 3.09. The fourth-order valence-corrected chi connectivity index (χ4v) is 1.33. The Morgan fingerprint density at radius 1 is 1.33 bits per heavy atom. The molecule has 2 nitrogen and oxygen atoms in total. The topological polar surface area (TPSA) is 32.3 Å². The van der Waals surface area contributed by atoms with Crippen molar-refractivity contribution in [2.24, 2.45) is 0 Å². The molecule has 3 heteroatoms. The second-order valence-corrected chi connectivity index (χ2v) is 3.27. The van der Waals surface area contributed by atoms with Crippen molar-refractivity contribution < 1.29 is 5.21 Å². The van der Waals surface area contributed by atoms with Gasteiger partial charge in [0.25, 0.3) is 0 Å². The molecule has 0 aliphatic heterocycles. The Hall–Kier alpha value is -0.570. The zero-order valence-electron chi connectivity index (χ0n) is 7.19. The Bertz CT molecular complexity index is 286. The Morgan fingerprint density at radius 3 is 2.58 bits per heavy atom. The van der Waals surface area contributed by atoms with Gasteiger partial charge in [0.15, 0.2) is 0 Å². The maximum Gasteiger partial charge on any atom is 0.0461 e. The molecular weight excluding hydrogens is 174 g/mol. The lowest BCUT2D eigenvalue weighted by molar-refractivity contribution is 0.161. The number of rotatable bonds is 2. The minimum atomic E-state index is 0.436. The number of hydroxylamine groups is 1. The second kappa shape index (κ2) is 3.90. The number of hydrogen-bond acceptors (Lipinski definition) is 2. The molecule has 0 unspecified atom stereocenters. The summed E-state index contributed by atoms with van der Waals surface area (Å²) < 4.78 is 0. The van der Waals surface area contributed by atoms with Gasteiger partial charge in [-0.1, -0.05) is 17.7 Å². The maximum atomic E-state index is 8.51. The predicted molar refractivity (Wildman–Crippen MR) is 49.6 cm³/mol. The van der Waals surface area contributed by atoms with E-state index in [9.17, 15) is 0 Å². The molecule has 0 aliphatic rings. The molecule has 1 rings (SSSR count). The second-order valence-electron chi connectivity index (χ2n) is 2.86. The molecule has 0 bridgehead atoms. The monoisotopic (exact) mass is 185 g/mol. The van der Waals surface area contributed by atoms with E-state index >= 15 is 0 Å². The van der Waals surface area contributed by atoms with Crippen LogP contribution in [0.5, 0.6) is 0 Å². The van der Waals surface area contributed by atoms with Gasteiger partial charge in [-0.2, -0.15) is 0 Å². The molecule has 0 radical (unpaired) electrons. The molecule has 0 atom stereocenters. The lowest BCUT2D eigenvalue weighted by Crippen LogP contribution is -2.07. The summed E-state index contributed by atoms with van der Waals surface area (Å²) in [6.07, 6.45) is 0. The van der Waals surface area contributed by atoms with Crippen LogP contribution in [0, 0.1) is 13.8 Å². The summed E-state index contributed by atoms with van der Waals surface area (Å²) in [6.45, 7) is 4.40. The smallest absolute Gasteiger partial charge is 0.0461 e. The highest BCUT2D eigenvalue weighted by Gasteiger charge is 2.01. The van der Waals surface area contributed by atoms with E-state index in [1.54, 1.807) is 0 Å². The van der Waals surface area contributed by atoms with Crippen molar-refractivity contribution in [1.29, 1.82) is 0 Å². The van der Waals surface area contributed by atoms with Crippen LogP contribution in [-0.2, 0) is 6.54 Å². The molecule has 0 aliphatic carbocycles. The first-order valence-electron chi connectivity index (χ1n) is 3.77. The van der Waals surface area contributed by atoms with Crippen LogP contribution in [0.4, 0.5) is 0 Å². The van der Waals surface area contributed by atoms with Crippen LogP contribution in [0.2, 0.25) is 5.02 Å². The predicted octanol–water partition coefficient (Wildman–Crippen LogP) is 2.44. The van der Waals surface area contributed by atoms with Gasteiger partial charge in [0, 0.05) is 11.6 Å². The van der Waals surface area contributed by atoms with Crippen LogP contribution in [0.1, 0.15) is 16.7 Å². The van der Waals surface area contributed by atoms with Crippen LogP contribution in [0.3, 0.4) is 0 Å². The van der Waals surface area contributed by atoms with Gasteiger partial charge in [-0.3, -0.25) is 0 Å². The van der Waals surface area contributed by atoms with E-state index in [0.717, 1.165) is 21.7 Å². The number of hydrogen-bond donors (Lipinski definition) is 2. The first kappa shape index (κ1) is 9.52. The van der Waals surface area contributed by atoms with Gasteiger partial charge >= 0.3 is 0 Å². The van der Waals surface area contributed by atoms with E-state index in [4.69, 9.17) is 16.8 Å². The summed E-state index contributed by atoms with van der Waals surface area (Å²) in [5.41, 5.74) is 5.34. The first-order valence-corrected chi connectivity index (χ1v) is 4.15. The molecule has 1 aromatic carbocycles. The Morgan fingerprint density at radius 2 is 2.00 bits per heavy atom. The lowest BCUT2D eigenvalue weighted by atomic mass is 10.1. The lowest BCUT2D eigenvalue weighted by Gasteiger charge is -2.06. The highest BCUT2D eigenvalue weighted by Crippen LogP contribution is 2.20. The number of nitrogens with one attached hydrogen (secondary N) is 1. The average Bonchev–Trinajstić information content (AvgIpc) is 2.01. The fraction of sp³-hybridized carbons (Fsp3) is 0.333. The van der Waals surface area contributed by atoms with Gasteiger partial charge in [-0.15, -0.1) is 0 Å². The summed E-state index contributed by atoms with van der Waals surface area (Å²) in [4.78, 5) is 0. The molecule has 0 amide bonds. The molecule has 12 heavy (non-hydrogen) atoms. The fourth-order valence-electron chi connectivity index (χ4n) is 1.14. The van der Waals surface area contributed by atoms with Gasteiger partial charge in [0.2, 0.25) is 0 Å². The number of benzene rings is 1. The highest BCUT2D eigenvalue weighted by atomic mass is 35.5. The molecule has 66 valence electrons. The van der Waals surface area contributed by atoms with Crippen molar-refractivity contribution in [3.63, 3.8) is 0 Å². The van der Waals surface area contributed by atoms with E-state index < -0.39 is 0 Å². The molecule has 0 fully saturated rings. The normalized spacial score (nSPS) is 10.3. The highest BCUT2D eigenvalue weighted by molar-refractivity contribution is 6.31. The molecule has 0 spiro atoms. The van der Waals surface area contributed by atoms with Gasteiger partial charge in [-0.05, 0) is 36.6 Å². The van der Waals surface area contributed by atoms with Crippen molar-refractivity contribution in [1.82, 2.24) is 5.48 Å². The summed E-state index contributed by atoms with van der Waals surface area (Å²) in [6, 6.07) is 3.88. The average molecular weight is 186 g/mol. The molecule has 0 aromatic heterocycles. The first-order chi connectivity index (χ1) is 5.65. The maximum absolute atomic E-state index is 8.51. The van der Waals surface area contributed by atoms with E-state index in [1.807, 2.05) is 26.0 Å².